The van der Waals surface area contributed by atoms with Gasteiger partial charge in [0.2, 0.25) is 5.91 Å². The van der Waals surface area contributed by atoms with Crippen molar-refractivity contribution in [3.8, 4) is 0 Å². The Morgan fingerprint density at radius 1 is 1.23 bits per heavy atom. The standard InChI is InChI=1S/C20H21F5N2O2.C2H6/c1-3-5-12(4-2)10-16(28)26-19(27-29-11-13-6-7-13)17-14(20(23,24)25)8-9-15(21)18(17)22;1-2/h3-5,8-9,13H,6-7,10-11H2,1-2H3,(H,26,27,28);1-2H3/b5-3-,12-4+;. The molecule has 172 valence electrons. The summed E-state index contributed by atoms with van der Waals surface area (Å²) in [6.07, 6.45) is 1.55. The second-order valence-corrected chi connectivity index (χ2v) is 6.55. The molecule has 4 nitrogen and oxygen atoms in total. The number of nitrogens with zero attached hydrogens (tertiary/aromatic N) is 1. The van der Waals surface area contributed by atoms with E-state index in [4.69, 9.17) is 4.84 Å². The van der Waals surface area contributed by atoms with Crippen molar-refractivity contribution in [2.75, 3.05) is 6.61 Å². The number of rotatable bonds is 7. The molecule has 1 aromatic rings. The van der Waals surface area contributed by atoms with Crippen LogP contribution in [0.15, 0.2) is 41.1 Å². The van der Waals surface area contributed by atoms with Crippen molar-refractivity contribution in [3.05, 3.63) is 58.7 Å². The third kappa shape index (κ3) is 8.15. The summed E-state index contributed by atoms with van der Waals surface area (Å²) in [6.45, 7) is 7.53. The maximum absolute atomic E-state index is 14.4. The molecule has 1 fully saturated rings. The van der Waals surface area contributed by atoms with Crippen LogP contribution in [0.4, 0.5) is 22.0 Å². The summed E-state index contributed by atoms with van der Waals surface area (Å²) in [4.78, 5) is 17.3. The summed E-state index contributed by atoms with van der Waals surface area (Å²) in [6, 6.07) is 0.767. The Labute approximate surface area is 178 Å². The Bertz CT molecular complexity index is 841. The molecular weight excluding hydrogens is 419 g/mol. The van der Waals surface area contributed by atoms with E-state index >= 15 is 0 Å². The highest BCUT2D eigenvalue weighted by Crippen LogP contribution is 2.34. The summed E-state index contributed by atoms with van der Waals surface area (Å²) in [7, 11) is 0. The molecule has 1 N–H and O–H groups in total. The number of carbonyl (C=O) groups excluding carboxylic acids is 1. The van der Waals surface area contributed by atoms with E-state index in [1.54, 1.807) is 32.1 Å². The van der Waals surface area contributed by atoms with E-state index < -0.39 is 40.7 Å². The van der Waals surface area contributed by atoms with Gasteiger partial charge in [0.15, 0.2) is 17.5 Å². The minimum atomic E-state index is -4.99. The van der Waals surface area contributed by atoms with Gasteiger partial charge in [-0.05, 0) is 50.3 Å². The molecule has 0 saturated heterocycles. The molecule has 0 spiro atoms. The highest BCUT2D eigenvalue weighted by molar-refractivity contribution is 6.09. The van der Waals surface area contributed by atoms with Gasteiger partial charge in [0.1, 0.15) is 6.61 Å². The molecule has 1 amide bonds. The lowest BCUT2D eigenvalue weighted by atomic mass is 10.0. The average molecular weight is 446 g/mol. The van der Waals surface area contributed by atoms with Crippen LogP contribution in [-0.4, -0.2) is 18.3 Å². The number of amides is 1. The molecule has 2 rings (SSSR count). The van der Waals surface area contributed by atoms with Crippen molar-refractivity contribution in [2.45, 2.75) is 53.1 Å². The summed E-state index contributed by atoms with van der Waals surface area (Å²) < 4.78 is 68.2. The van der Waals surface area contributed by atoms with Crippen LogP contribution in [0, 0.1) is 17.6 Å². The first kappa shape index (κ1) is 26.3. The molecule has 0 bridgehead atoms. The third-order valence-corrected chi connectivity index (χ3v) is 4.17. The Morgan fingerprint density at radius 3 is 2.39 bits per heavy atom. The van der Waals surface area contributed by atoms with Gasteiger partial charge in [0.05, 0.1) is 17.5 Å². The monoisotopic (exact) mass is 446 g/mol. The van der Waals surface area contributed by atoms with Crippen molar-refractivity contribution in [1.29, 1.82) is 0 Å². The van der Waals surface area contributed by atoms with Crippen LogP contribution < -0.4 is 5.32 Å². The summed E-state index contributed by atoms with van der Waals surface area (Å²) in [5.74, 6) is -4.63. The van der Waals surface area contributed by atoms with Gasteiger partial charge in [-0.15, -0.1) is 0 Å². The maximum atomic E-state index is 14.4. The zero-order chi connectivity index (χ0) is 23.6. The van der Waals surface area contributed by atoms with E-state index in [9.17, 15) is 26.7 Å². The van der Waals surface area contributed by atoms with Crippen molar-refractivity contribution in [1.82, 2.24) is 5.32 Å². The first-order valence-corrected chi connectivity index (χ1v) is 10.0. The molecule has 0 heterocycles. The van der Waals surface area contributed by atoms with Crippen molar-refractivity contribution in [2.24, 2.45) is 11.1 Å². The SMILES string of the molecule is C/C=C\C(=C/C)CC(=O)N/C(=N\OCC1CC1)c1c(C(F)(F)F)ccc(F)c1F.CC. The summed E-state index contributed by atoms with van der Waals surface area (Å²) in [5, 5.41) is 5.65. The number of amidine groups is 1. The first-order valence-electron chi connectivity index (χ1n) is 10.0. The number of halogens is 5. The Hall–Kier alpha value is -2.71. The molecule has 1 aliphatic carbocycles. The fraction of sp³-hybridized carbons (Fsp3) is 0.455. The highest BCUT2D eigenvalue weighted by atomic mass is 19.4. The predicted molar refractivity (Wildman–Crippen MR) is 109 cm³/mol. The fourth-order valence-electron chi connectivity index (χ4n) is 2.47. The van der Waals surface area contributed by atoms with Gasteiger partial charge in [-0.3, -0.25) is 4.79 Å². The molecule has 0 unspecified atom stereocenters. The van der Waals surface area contributed by atoms with Crippen LogP contribution in [0.25, 0.3) is 0 Å². The van der Waals surface area contributed by atoms with E-state index in [2.05, 4.69) is 10.5 Å². The van der Waals surface area contributed by atoms with Crippen LogP contribution in [0.2, 0.25) is 0 Å². The molecule has 31 heavy (non-hydrogen) atoms. The molecular formula is C22H27F5N2O2. The van der Waals surface area contributed by atoms with Crippen LogP contribution >= 0.6 is 0 Å². The minimum absolute atomic E-state index is 0.107. The van der Waals surface area contributed by atoms with E-state index in [1.165, 1.54) is 0 Å². The Morgan fingerprint density at radius 2 is 1.87 bits per heavy atom. The number of hydrogen-bond donors (Lipinski definition) is 1. The predicted octanol–water partition coefficient (Wildman–Crippen LogP) is 6.13. The topological polar surface area (TPSA) is 50.7 Å². The smallest absolute Gasteiger partial charge is 0.394 e. The van der Waals surface area contributed by atoms with Gasteiger partial charge < -0.3 is 10.2 Å². The summed E-state index contributed by atoms with van der Waals surface area (Å²) >= 11 is 0. The van der Waals surface area contributed by atoms with E-state index in [-0.39, 0.29) is 18.9 Å². The quantitative estimate of drug-likeness (QED) is 0.180. The van der Waals surface area contributed by atoms with Gasteiger partial charge in [0, 0.05) is 0 Å². The van der Waals surface area contributed by atoms with Gasteiger partial charge in [-0.2, -0.15) is 13.2 Å². The lowest BCUT2D eigenvalue weighted by Crippen LogP contribution is -2.34. The second-order valence-electron chi connectivity index (χ2n) is 6.55. The molecule has 9 heteroatoms. The number of benzene rings is 1. The van der Waals surface area contributed by atoms with Crippen LogP contribution in [0.5, 0.6) is 0 Å². The minimum Gasteiger partial charge on any atom is -0.394 e. The van der Waals surface area contributed by atoms with Crippen LogP contribution in [0.1, 0.15) is 58.1 Å². The molecule has 1 aromatic carbocycles. The maximum Gasteiger partial charge on any atom is 0.417 e. The normalized spacial score (nSPS) is 14.9. The highest BCUT2D eigenvalue weighted by Gasteiger charge is 2.38. The van der Waals surface area contributed by atoms with Gasteiger partial charge in [-0.25, -0.2) is 8.78 Å². The number of allylic oxidation sites excluding steroid dienone is 3. The molecule has 0 aliphatic heterocycles. The van der Waals surface area contributed by atoms with Crippen molar-refractivity contribution in [3.63, 3.8) is 0 Å². The largest absolute Gasteiger partial charge is 0.417 e. The average Bonchev–Trinajstić information content (AvgIpc) is 3.54. The van der Waals surface area contributed by atoms with Crippen molar-refractivity contribution < 1.29 is 31.6 Å². The van der Waals surface area contributed by atoms with Crippen molar-refractivity contribution >= 4 is 11.7 Å². The molecule has 0 aromatic heterocycles. The molecule has 0 radical (unpaired) electrons. The number of nitrogens with one attached hydrogen (secondary N) is 1. The zero-order valence-electron chi connectivity index (χ0n) is 17.9. The van der Waals surface area contributed by atoms with E-state index in [1.807, 2.05) is 13.8 Å². The second kappa shape index (κ2) is 12.2. The van der Waals surface area contributed by atoms with E-state index in [0.717, 1.165) is 12.8 Å². The lowest BCUT2D eigenvalue weighted by molar-refractivity contribution is -0.138. The Balaban J connectivity index is 0.00000233. The fourth-order valence-corrected chi connectivity index (χ4v) is 2.47. The van der Waals surface area contributed by atoms with Crippen LogP contribution in [-0.2, 0) is 15.8 Å². The Kier molecular flexibility index (Phi) is 10.4. The first-order chi connectivity index (χ1) is 14.7. The third-order valence-electron chi connectivity index (χ3n) is 4.17. The molecule has 1 saturated carbocycles. The number of carbonyl (C=O) groups is 1. The lowest BCUT2D eigenvalue weighted by Gasteiger charge is -2.16. The van der Waals surface area contributed by atoms with Gasteiger partial charge >= 0.3 is 6.18 Å². The summed E-state index contributed by atoms with van der Waals surface area (Å²) in [5.41, 5.74) is -2.08. The van der Waals surface area contributed by atoms with Gasteiger partial charge in [0.25, 0.3) is 0 Å². The number of alkyl halides is 3. The number of hydrogen-bond acceptors (Lipinski definition) is 3. The molecule has 1 aliphatic rings. The number of oxime groups is 1. The zero-order valence-corrected chi connectivity index (χ0v) is 17.9. The molecule has 0 atom stereocenters. The van der Waals surface area contributed by atoms with Gasteiger partial charge in [-0.1, -0.05) is 37.2 Å². The van der Waals surface area contributed by atoms with E-state index in [0.29, 0.717) is 17.7 Å². The van der Waals surface area contributed by atoms with Crippen LogP contribution in [0.3, 0.4) is 0 Å².